The van der Waals surface area contributed by atoms with E-state index in [4.69, 9.17) is 15.9 Å². The summed E-state index contributed by atoms with van der Waals surface area (Å²) in [5.41, 5.74) is 4.27. The van der Waals surface area contributed by atoms with Crippen LogP contribution in [0.2, 0.25) is 0 Å². The van der Waals surface area contributed by atoms with Crippen LogP contribution in [0, 0.1) is 11.8 Å². The third kappa shape index (κ3) is 0.660. The second-order valence-corrected chi connectivity index (χ2v) is 2.82. The van der Waals surface area contributed by atoms with Crippen LogP contribution in [0.3, 0.4) is 0 Å². The molecule has 10 heavy (non-hydrogen) atoms. The van der Waals surface area contributed by atoms with E-state index in [-0.39, 0.29) is 18.4 Å². The van der Waals surface area contributed by atoms with Crippen molar-refractivity contribution in [3.05, 3.63) is 0 Å². The molecule has 58 valence electrons. The summed E-state index contributed by atoms with van der Waals surface area (Å²) in [5, 5.41) is 17.2. The largest absolute Gasteiger partial charge is 0.480 e. The van der Waals surface area contributed by atoms with Crippen LogP contribution < -0.4 is 5.73 Å². The van der Waals surface area contributed by atoms with Crippen LogP contribution in [-0.2, 0) is 4.79 Å². The highest BCUT2D eigenvalue weighted by atomic mass is 16.4. The SMILES string of the molecule is CC1C(CO)C1(N)C(=O)O. The van der Waals surface area contributed by atoms with Crippen molar-refractivity contribution in [3.8, 4) is 0 Å². The molecule has 1 saturated carbocycles. The zero-order valence-corrected chi connectivity index (χ0v) is 5.74. The van der Waals surface area contributed by atoms with Gasteiger partial charge >= 0.3 is 5.97 Å². The van der Waals surface area contributed by atoms with Gasteiger partial charge in [-0.25, -0.2) is 0 Å². The van der Waals surface area contributed by atoms with Gasteiger partial charge in [-0.2, -0.15) is 0 Å². The van der Waals surface area contributed by atoms with Gasteiger partial charge in [0.15, 0.2) is 0 Å². The van der Waals surface area contributed by atoms with Crippen molar-refractivity contribution in [2.75, 3.05) is 6.61 Å². The van der Waals surface area contributed by atoms with Crippen LogP contribution >= 0.6 is 0 Å². The van der Waals surface area contributed by atoms with Crippen LogP contribution in [0.15, 0.2) is 0 Å². The van der Waals surface area contributed by atoms with Crippen molar-refractivity contribution in [3.63, 3.8) is 0 Å². The van der Waals surface area contributed by atoms with Crippen LogP contribution in [-0.4, -0.2) is 28.3 Å². The fourth-order valence-electron chi connectivity index (χ4n) is 1.34. The Hall–Kier alpha value is -0.610. The lowest BCUT2D eigenvalue weighted by Crippen LogP contribution is -2.37. The van der Waals surface area contributed by atoms with Crippen molar-refractivity contribution >= 4 is 5.97 Å². The molecule has 0 aromatic rings. The first-order chi connectivity index (χ1) is 4.55. The lowest BCUT2D eigenvalue weighted by atomic mass is 10.2. The van der Waals surface area contributed by atoms with E-state index < -0.39 is 11.5 Å². The number of nitrogens with two attached hydrogens (primary N) is 1. The first-order valence-corrected chi connectivity index (χ1v) is 3.18. The van der Waals surface area contributed by atoms with Crippen LogP contribution in [0.1, 0.15) is 6.92 Å². The molecular weight excluding hydrogens is 134 g/mol. The van der Waals surface area contributed by atoms with Gasteiger partial charge < -0.3 is 15.9 Å². The highest BCUT2D eigenvalue weighted by Crippen LogP contribution is 2.47. The molecule has 0 saturated heterocycles. The molecule has 0 amide bonds. The summed E-state index contributed by atoms with van der Waals surface area (Å²) < 4.78 is 0. The molecule has 3 unspecified atom stereocenters. The van der Waals surface area contributed by atoms with Crippen molar-refractivity contribution in [2.24, 2.45) is 17.6 Å². The summed E-state index contributed by atoms with van der Waals surface area (Å²) in [4.78, 5) is 10.4. The van der Waals surface area contributed by atoms with E-state index in [1.54, 1.807) is 6.92 Å². The smallest absolute Gasteiger partial charge is 0.324 e. The van der Waals surface area contributed by atoms with Crippen molar-refractivity contribution in [2.45, 2.75) is 12.5 Å². The van der Waals surface area contributed by atoms with Crippen molar-refractivity contribution in [1.29, 1.82) is 0 Å². The van der Waals surface area contributed by atoms with Crippen LogP contribution in [0.25, 0.3) is 0 Å². The summed E-state index contributed by atoms with van der Waals surface area (Å²) in [6.45, 7) is 1.60. The Kier molecular flexibility index (Phi) is 1.45. The Morgan fingerprint density at radius 3 is 2.40 bits per heavy atom. The number of rotatable bonds is 2. The molecular formula is C6H11NO3. The number of hydrogen-bond acceptors (Lipinski definition) is 3. The minimum atomic E-state index is -1.16. The van der Waals surface area contributed by atoms with E-state index in [0.29, 0.717) is 0 Å². The topological polar surface area (TPSA) is 83.5 Å². The average Bonchev–Trinajstić information content (AvgIpc) is 2.38. The monoisotopic (exact) mass is 145 g/mol. The molecule has 4 heteroatoms. The standard InChI is InChI=1S/C6H11NO3/c1-3-4(2-8)6(3,7)5(9)10/h3-4,8H,2,7H2,1H3,(H,9,10). The third-order valence-electron chi connectivity index (χ3n) is 2.43. The maximum absolute atomic E-state index is 10.4. The van der Waals surface area contributed by atoms with E-state index in [0.717, 1.165) is 0 Å². The Balaban J connectivity index is 2.67. The molecule has 0 heterocycles. The fraction of sp³-hybridized carbons (Fsp3) is 0.833. The summed E-state index contributed by atoms with van der Waals surface area (Å²) in [6, 6.07) is 0. The van der Waals surface area contributed by atoms with Crippen molar-refractivity contribution < 1.29 is 15.0 Å². The van der Waals surface area contributed by atoms with Gasteiger partial charge in [0.25, 0.3) is 0 Å². The maximum atomic E-state index is 10.4. The molecule has 4 nitrogen and oxygen atoms in total. The number of carboxylic acid groups (broad SMARTS) is 1. The molecule has 0 bridgehead atoms. The quantitative estimate of drug-likeness (QED) is 0.466. The number of aliphatic hydroxyl groups excluding tert-OH is 1. The summed E-state index contributed by atoms with van der Waals surface area (Å²) >= 11 is 0. The maximum Gasteiger partial charge on any atom is 0.324 e. The highest BCUT2D eigenvalue weighted by molar-refractivity contribution is 5.83. The van der Waals surface area contributed by atoms with Gasteiger partial charge in [0.2, 0.25) is 0 Å². The number of carboxylic acids is 1. The lowest BCUT2D eigenvalue weighted by Gasteiger charge is -2.01. The molecule has 1 aliphatic carbocycles. The first-order valence-electron chi connectivity index (χ1n) is 3.18. The Morgan fingerprint density at radius 2 is 2.30 bits per heavy atom. The minimum absolute atomic E-state index is 0.102. The fourth-order valence-corrected chi connectivity index (χ4v) is 1.34. The van der Waals surface area contributed by atoms with E-state index in [9.17, 15) is 4.79 Å². The van der Waals surface area contributed by atoms with Crippen molar-refractivity contribution in [1.82, 2.24) is 0 Å². The van der Waals surface area contributed by atoms with Gasteiger partial charge in [-0.1, -0.05) is 6.92 Å². The summed E-state index contributed by atoms with van der Waals surface area (Å²) in [6.07, 6.45) is 0. The van der Waals surface area contributed by atoms with Gasteiger partial charge in [-0.05, 0) is 5.92 Å². The number of hydrogen-bond donors (Lipinski definition) is 3. The first kappa shape index (κ1) is 7.50. The molecule has 1 fully saturated rings. The molecule has 0 spiro atoms. The Morgan fingerprint density at radius 1 is 1.80 bits per heavy atom. The van der Waals surface area contributed by atoms with Crippen LogP contribution in [0.5, 0.6) is 0 Å². The van der Waals surface area contributed by atoms with E-state index in [1.807, 2.05) is 0 Å². The summed E-state index contributed by atoms with van der Waals surface area (Å²) in [7, 11) is 0. The van der Waals surface area contributed by atoms with Gasteiger partial charge in [-0.15, -0.1) is 0 Å². The lowest BCUT2D eigenvalue weighted by molar-refractivity contribution is -0.140. The normalized spacial score (nSPS) is 45.1. The predicted octanol–water partition coefficient (Wildman–Crippen LogP) is -0.973. The number of aliphatic carboxylic acids is 1. The van der Waals surface area contributed by atoms with Crippen LogP contribution in [0.4, 0.5) is 0 Å². The molecule has 3 atom stereocenters. The number of aliphatic hydroxyl groups is 1. The molecule has 0 aromatic carbocycles. The zero-order chi connectivity index (χ0) is 7.94. The van der Waals surface area contributed by atoms with Gasteiger partial charge in [0.05, 0.1) is 0 Å². The van der Waals surface area contributed by atoms with E-state index in [2.05, 4.69) is 0 Å². The Bertz CT molecular complexity index is 170. The number of carbonyl (C=O) groups is 1. The minimum Gasteiger partial charge on any atom is -0.480 e. The Labute approximate surface area is 58.6 Å². The van der Waals surface area contributed by atoms with E-state index in [1.165, 1.54) is 0 Å². The average molecular weight is 145 g/mol. The zero-order valence-electron chi connectivity index (χ0n) is 5.74. The third-order valence-corrected chi connectivity index (χ3v) is 2.43. The molecule has 0 aromatic heterocycles. The molecule has 1 rings (SSSR count). The second-order valence-electron chi connectivity index (χ2n) is 2.82. The molecule has 1 aliphatic rings. The highest BCUT2D eigenvalue weighted by Gasteiger charge is 2.64. The molecule has 0 radical (unpaired) electrons. The van der Waals surface area contributed by atoms with Gasteiger partial charge in [-0.3, -0.25) is 4.79 Å². The second kappa shape index (κ2) is 1.93. The summed E-state index contributed by atoms with van der Waals surface area (Å²) in [5.74, 6) is -1.38. The van der Waals surface area contributed by atoms with Gasteiger partial charge in [0, 0.05) is 12.5 Å². The molecule has 4 N–H and O–H groups in total. The predicted molar refractivity (Wildman–Crippen MR) is 34.3 cm³/mol. The van der Waals surface area contributed by atoms with E-state index >= 15 is 0 Å². The molecule has 0 aliphatic heterocycles. The van der Waals surface area contributed by atoms with Gasteiger partial charge in [0.1, 0.15) is 5.54 Å².